The van der Waals surface area contributed by atoms with Gasteiger partial charge in [0, 0.05) is 36.9 Å². The Morgan fingerprint density at radius 3 is 2.41 bits per heavy atom. The molecule has 0 bridgehead atoms. The van der Waals surface area contributed by atoms with Gasteiger partial charge in [-0.25, -0.2) is 14.4 Å². The number of pyridine rings is 1. The number of alkyl halides is 3. The third kappa shape index (κ3) is 4.43. The second-order valence-electron chi connectivity index (χ2n) is 5.53. The molecule has 0 atom stereocenters. The molecule has 3 rings (SSSR count). The summed E-state index contributed by atoms with van der Waals surface area (Å²) in [5.74, 6) is -1.94. The first kappa shape index (κ1) is 18.4. The van der Waals surface area contributed by atoms with Gasteiger partial charge in [-0.05, 0) is 29.8 Å². The Morgan fingerprint density at radius 1 is 1.04 bits per heavy atom. The van der Waals surface area contributed by atoms with E-state index in [1.54, 1.807) is 18.5 Å². The second-order valence-corrected chi connectivity index (χ2v) is 5.53. The molecule has 0 aliphatic carbocycles. The monoisotopic (exact) mass is 376 g/mol. The molecule has 27 heavy (non-hydrogen) atoms. The standard InChI is InChI=1S/C18H12F4N4O/c19-15-4-3-12(6-14(15)18(20,21)22)16(27)13-9-25-17(26-10-13)24-8-11-2-1-5-23-7-11/h1-7,9-10H,8H2,(H,24,25,26). The highest BCUT2D eigenvalue weighted by Gasteiger charge is 2.34. The fourth-order valence-electron chi connectivity index (χ4n) is 2.27. The van der Waals surface area contributed by atoms with Crippen molar-refractivity contribution in [3.05, 3.63) is 83.2 Å². The number of carbonyl (C=O) groups is 1. The van der Waals surface area contributed by atoms with E-state index < -0.39 is 23.3 Å². The van der Waals surface area contributed by atoms with Crippen LogP contribution in [0.4, 0.5) is 23.5 Å². The van der Waals surface area contributed by atoms with Crippen LogP contribution in [-0.2, 0) is 12.7 Å². The van der Waals surface area contributed by atoms with Crippen molar-refractivity contribution in [2.45, 2.75) is 12.7 Å². The number of carbonyl (C=O) groups excluding carboxylic acids is 1. The Balaban J connectivity index is 1.74. The molecule has 0 unspecified atom stereocenters. The number of ketones is 1. The fraction of sp³-hybridized carbons (Fsp3) is 0.111. The summed E-state index contributed by atoms with van der Waals surface area (Å²) in [6.07, 6.45) is 0.795. The number of nitrogens with zero attached hydrogens (tertiary/aromatic N) is 3. The van der Waals surface area contributed by atoms with Gasteiger partial charge in [0.25, 0.3) is 0 Å². The molecule has 0 amide bonds. The van der Waals surface area contributed by atoms with Crippen LogP contribution in [-0.4, -0.2) is 20.7 Å². The van der Waals surface area contributed by atoms with Gasteiger partial charge in [-0.3, -0.25) is 9.78 Å². The number of aromatic nitrogens is 3. The topological polar surface area (TPSA) is 67.8 Å². The highest BCUT2D eigenvalue weighted by molar-refractivity contribution is 6.08. The number of rotatable bonds is 5. The van der Waals surface area contributed by atoms with Crippen molar-refractivity contribution < 1.29 is 22.4 Å². The third-order valence-electron chi connectivity index (χ3n) is 3.62. The summed E-state index contributed by atoms with van der Waals surface area (Å²) in [7, 11) is 0. The maximum Gasteiger partial charge on any atom is 0.419 e. The zero-order valence-corrected chi connectivity index (χ0v) is 13.7. The average Bonchev–Trinajstić information content (AvgIpc) is 2.66. The molecule has 0 fully saturated rings. The van der Waals surface area contributed by atoms with E-state index in [1.807, 2.05) is 6.07 Å². The minimum absolute atomic E-state index is 0.0124. The van der Waals surface area contributed by atoms with Crippen molar-refractivity contribution >= 4 is 11.7 Å². The van der Waals surface area contributed by atoms with E-state index in [9.17, 15) is 22.4 Å². The van der Waals surface area contributed by atoms with Crippen LogP contribution in [0.2, 0.25) is 0 Å². The largest absolute Gasteiger partial charge is 0.419 e. The molecule has 0 aliphatic rings. The van der Waals surface area contributed by atoms with E-state index >= 15 is 0 Å². The summed E-state index contributed by atoms with van der Waals surface area (Å²) in [6, 6.07) is 5.70. The first-order chi connectivity index (χ1) is 12.8. The molecule has 0 saturated heterocycles. The zero-order valence-electron chi connectivity index (χ0n) is 13.7. The van der Waals surface area contributed by atoms with Gasteiger partial charge in [0.15, 0.2) is 5.78 Å². The smallest absolute Gasteiger partial charge is 0.350 e. The van der Waals surface area contributed by atoms with Crippen molar-refractivity contribution in [1.29, 1.82) is 0 Å². The van der Waals surface area contributed by atoms with Gasteiger partial charge in [-0.2, -0.15) is 13.2 Å². The first-order valence-corrected chi connectivity index (χ1v) is 7.71. The number of hydrogen-bond donors (Lipinski definition) is 1. The molecule has 2 heterocycles. The third-order valence-corrected chi connectivity index (χ3v) is 3.62. The highest BCUT2D eigenvalue weighted by atomic mass is 19.4. The van der Waals surface area contributed by atoms with E-state index in [1.165, 1.54) is 12.4 Å². The number of hydrogen-bond acceptors (Lipinski definition) is 5. The maximum absolute atomic E-state index is 13.3. The van der Waals surface area contributed by atoms with Gasteiger partial charge in [0.05, 0.1) is 11.1 Å². The number of benzene rings is 1. The molecular weight excluding hydrogens is 364 g/mol. The summed E-state index contributed by atoms with van der Waals surface area (Å²) in [6.45, 7) is 0.411. The number of anilines is 1. The Morgan fingerprint density at radius 2 is 1.78 bits per heavy atom. The van der Waals surface area contributed by atoms with Crippen LogP contribution in [0.1, 0.15) is 27.0 Å². The highest BCUT2D eigenvalue weighted by Crippen LogP contribution is 2.32. The molecule has 138 valence electrons. The summed E-state index contributed by atoms with van der Waals surface area (Å²) < 4.78 is 51.7. The lowest BCUT2D eigenvalue weighted by atomic mass is 10.0. The van der Waals surface area contributed by atoms with Gasteiger partial charge in [0.1, 0.15) is 5.82 Å². The van der Waals surface area contributed by atoms with Crippen LogP contribution in [0.5, 0.6) is 0 Å². The van der Waals surface area contributed by atoms with Crippen LogP contribution in [0.25, 0.3) is 0 Å². The van der Waals surface area contributed by atoms with Crippen LogP contribution in [0.15, 0.2) is 55.1 Å². The Bertz CT molecular complexity index is 944. The lowest BCUT2D eigenvalue weighted by molar-refractivity contribution is -0.140. The molecule has 3 aromatic rings. The molecule has 0 spiro atoms. The maximum atomic E-state index is 13.3. The molecule has 2 aromatic heterocycles. The first-order valence-electron chi connectivity index (χ1n) is 7.71. The van der Waals surface area contributed by atoms with Gasteiger partial charge in [0.2, 0.25) is 5.95 Å². The summed E-state index contributed by atoms with van der Waals surface area (Å²) in [5.41, 5.74) is -0.915. The van der Waals surface area contributed by atoms with Gasteiger partial charge < -0.3 is 5.32 Å². The Labute approximate surface area is 151 Å². The van der Waals surface area contributed by atoms with Crippen molar-refractivity contribution in [2.24, 2.45) is 0 Å². The van der Waals surface area contributed by atoms with Crippen molar-refractivity contribution in [2.75, 3.05) is 5.32 Å². The second kappa shape index (κ2) is 7.48. The molecule has 0 radical (unpaired) electrons. The van der Waals surface area contributed by atoms with Gasteiger partial charge in [-0.15, -0.1) is 0 Å². The molecule has 9 heteroatoms. The normalized spacial score (nSPS) is 11.3. The summed E-state index contributed by atoms with van der Waals surface area (Å²) in [5, 5.41) is 2.93. The predicted octanol–water partition coefficient (Wildman–Crippen LogP) is 3.87. The number of nitrogens with one attached hydrogen (secondary N) is 1. The number of halogens is 4. The molecular formula is C18H12F4N4O. The molecule has 5 nitrogen and oxygen atoms in total. The molecule has 0 saturated carbocycles. The fourth-order valence-corrected chi connectivity index (χ4v) is 2.27. The van der Waals surface area contributed by atoms with Crippen molar-refractivity contribution in [3.8, 4) is 0 Å². The summed E-state index contributed by atoms with van der Waals surface area (Å²) >= 11 is 0. The van der Waals surface area contributed by atoms with E-state index in [0.29, 0.717) is 18.7 Å². The van der Waals surface area contributed by atoms with Crippen LogP contribution < -0.4 is 5.32 Å². The van der Waals surface area contributed by atoms with Crippen LogP contribution in [0, 0.1) is 5.82 Å². The van der Waals surface area contributed by atoms with Crippen molar-refractivity contribution in [1.82, 2.24) is 15.0 Å². The lowest BCUT2D eigenvalue weighted by Gasteiger charge is -2.10. The van der Waals surface area contributed by atoms with Crippen molar-refractivity contribution in [3.63, 3.8) is 0 Å². The van der Waals surface area contributed by atoms with Crippen LogP contribution >= 0.6 is 0 Å². The zero-order chi connectivity index (χ0) is 19.4. The van der Waals surface area contributed by atoms with E-state index in [2.05, 4.69) is 20.3 Å². The quantitative estimate of drug-likeness (QED) is 0.541. The van der Waals surface area contributed by atoms with E-state index in [0.717, 1.165) is 11.6 Å². The molecule has 1 N–H and O–H groups in total. The van der Waals surface area contributed by atoms with Gasteiger partial charge in [-0.1, -0.05) is 6.07 Å². The Hall–Kier alpha value is -3.36. The average molecular weight is 376 g/mol. The minimum atomic E-state index is -4.89. The van der Waals surface area contributed by atoms with Crippen LogP contribution in [0.3, 0.4) is 0 Å². The van der Waals surface area contributed by atoms with E-state index in [-0.39, 0.29) is 17.1 Å². The summed E-state index contributed by atoms with van der Waals surface area (Å²) in [4.78, 5) is 24.2. The minimum Gasteiger partial charge on any atom is -0.350 e. The Kier molecular flexibility index (Phi) is 5.11. The lowest BCUT2D eigenvalue weighted by Crippen LogP contribution is -2.11. The van der Waals surface area contributed by atoms with Gasteiger partial charge >= 0.3 is 6.18 Å². The van der Waals surface area contributed by atoms with E-state index in [4.69, 9.17) is 0 Å². The predicted molar refractivity (Wildman–Crippen MR) is 88.4 cm³/mol. The SMILES string of the molecule is O=C(c1cnc(NCc2cccnc2)nc1)c1ccc(F)c(C(F)(F)F)c1. The molecule has 0 aliphatic heterocycles. The molecule has 1 aromatic carbocycles.